The van der Waals surface area contributed by atoms with E-state index in [9.17, 15) is 0 Å². The van der Waals surface area contributed by atoms with Crippen molar-refractivity contribution < 1.29 is 0 Å². The molecule has 0 saturated heterocycles. The summed E-state index contributed by atoms with van der Waals surface area (Å²) >= 11 is 3.60. The lowest BCUT2D eigenvalue weighted by atomic mass is 10.0. The summed E-state index contributed by atoms with van der Waals surface area (Å²) in [6, 6.07) is 39.2. The molecule has 0 bridgehead atoms. The second-order valence-electron chi connectivity index (χ2n) is 7.63. The second kappa shape index (κ2) is 6.86. The molecule has 0 aliphatic rings. The van der Waals surface area contributed by atoms with Crippen LogP contribution in [0.1, 0.15) is 0 Å². The van der Waals surface area contributed by atoms with Crippen molar-refractivity contribution in [2.45, 2.75) is 0 Å². The van der Waals surface area contributed by atoms with Crippen LogP contribution in [-0.4, -0.2) is 4.57 Å². The number of aromatic nitrogens is 1. The van der Waals surface area contributed by atoms with Gasteiger partial charge in [-0.3, -0.25) is 0 Å². The summed E-state index contributed by atoms with van der Waals surface area (Å²) in [6.45, 7) is 0. The van der Waals surface area contributed by atoms with Gasteiger partial charge >= 0.3 is 0 Å². The van der Waals surface area contributed by atoms with Crippen LogP contribution in [0.4, 0.5) is 0 Å². The van der Waals surface area contributed by atoms with Crippen molar-refractivity contribution in [1.82, 2.24) is 4.57 Å². The number of hydrogen-bond donors (Lipinski definition) is 0. The Morgan fingerprint density at radius 3 is 2.17 bits per heavy atom. The molecule has 0 saturated carbocycles. The summed E-state index contributed by atoms with van der Waals surface area (Å²) < 4.78 is 3.47. The SMILES string of the molecule is Brc1cccc(-c2ccc3c(c2)c2ccccc2n3-c2ccc3ccccc3c2)c1. The molecule has 1 nitrogen and oxygen atoms in total. The lowest BCUT2D eigenvalue weighted by molar-refractivity contribution is 1.19. The van der Waals surface area contributed by atoms with Crippen molar-refractivity contribution in [1.29, 1.82) is 0 Å². The van der Waals surface area contributed by atoms with E-state index in [1.165, 1.54) is 49.4 Å². The minimum Gasteiger partial charge on any atom is -0.309 e. The van der Waals surface area contributed by atoms with E-state index in [1.54, 1.807) is 0 Å². The number of para-hydroxylation sites is 1. The molecule has 5 aromatic carbocycles. The van der Waals surface area contributed by atoms with E-state index in [0.717, 1.165) is 4.47 Å². The first-order chi connectivity index (χ1) is 14.8. The average molecular weight is 448 g/mol. The van der Waals surface area contributed by atoms with Crippen LogP contribution in [-0.2, 0) is 0 Å². The third kappa shape index (κ3) is 2.76. The summed E-state index contributed by atoms with van der Waals surface area (Å²) in [5, 5.41) is 5.07. The fraction of sp³-hybridized carbons (Fsp3) is 0. The van der Waals surface area contributed by atoms with Crippen LogP contribution in [0.3, 0.4) is 0 Å². The van der Waals surface area contributed by atoms with Gasteiger partial charge < -0.3 is 4.57 Å². The molecule has 0 unspecified atom stereocenters. The van der Waals surface area contributed by atoms with Gasteiger partial charge in [-0.2, -0.15) is 0 Å². The zero-order valence-corrected chi connectivity index (χ0v) is 17.8. The highest BCUT2D eigenvalue weighted by Crippen LogP contribution is 2.35. The first-order valence-corrected chi connectivity index (χ1v) is 10.9. The fourth-order valence-electron chi connectivity index (χ4n) is 4.41. The van der Waals surface area contributed by atoms with Gasteiger partial charge in [-0.05, 0) is 64.4 Å². The van der Waals surface area contributed by atoms with Crippen molar-refractivity contribution in [2.24, 2.45) is 0 Å². The molecule has 30 heavy (non-hydrogen) atoms. The molecule has 0 amide bonds. The smallest absolute Gasteiger partial charge is 0.0541 e. The number of rotatable bonds is 2. The third-order valence-corrected chi connectivity index (χ3v) is 6.32. The molecule has 0 radical (unpaired) electrons. The molecule has 0 aliphatic carbocycles. The van der Waals surface area contributed by atoms with Crippen molar-refractivity contribution in [3.05, 3.63) is 114 Å². The van der Waals surface area contributed by atoms with Crippen molar-refractivity contribution in [2.75, 3.05) is 0 Å². The van der Waals surface area contributed by atoms with Gasteiger partial charge in [-0.25, -0.2) is 0 Å². The first kappa shape index (κ1) is 17.5. The molecular weight excluding hydrogens is 430 g/mol. The zero-order valence-electron chi connectivity index (χ0n) is 16.2. The van der Waals surface area contributed by atoms with Crippen LogP contribution in [0.2, 0.25) is 0 Å². The van der Waals surface area contributed by atoms with Crippen LogP contribution < -0.4 is 0 Å². The molecular formula is C28H18BrN. The maximum absolute atomic E-state index is 3.60. The summed E-state index contributed by atoms with van der Waals surface area (Å²) in [7, 11) is 0. The number of halogens is 1. The Hall–Kier alpha value is -3.36. The van der Waals surface area contributed by atoms with E-state index in [-0.39, 0.29) is 0 Å². The average Bonchev–Trinajstić information content (AvgIpc) is 3.12. The van der Waals surface area contributed by atoms with E-state index in [1.807, 2.05) is 0 Å². The highest BCUT2D eigenvalue weighted by molar-refractivity contribution is 9.10. The molecule has 0 spiro atoms. The minimum absolute atomic E-state index is 1.10. The third-order valence-electron chi connectivity index (χ3n) is 5.82. The Morgan fingerprint density at radius 2 is 1.27 bits per heavy atom. The Balaban J connectivity index is 1.65. The van der Waals surface area contributed by atoms with Crippen LogP contribution in [0.25, 0.3) is 49.4 Å². The molecule has 0 aliphatic heterocycles. The van der Waals surface area contributed by atoms with E-state index in [2.05, 4.69) is 130 Å². The molecule has 2 heteroatoms. The highest BCUT2D eigenvalue weighted by Gasteiger charge is 2.13. The molecule has 0 N–H and O–H groups in total. The summed E-state index contributed by atoms with van der Waals surface area (Å²) in [5.74, 6) is 0. The minimum atomic E-state index is 1.10. The Labute approximate surface area is 183 Å². The maximum atomic E-state index is 3.60. The normalized spacial score (nSPS) is 11.5. The predicted octanol–water partition coefficient (Wildman–Crippen LogP) is 8.37. The van der Waals surface area contributed by atoms with Crippen molar-refractivity contribution >= 4 is 48.5 Å². The second-order valence-corrected chi connectivity index (χ2v) is 8.54. The van der Waals surface area contributed by atoms with Gasteiger partial charge in [0.05, 0.1) is 11.0 Å². The quantitative estimate of drug-likeness (QED) is 0.251. The summed E-state index contributed by atoms with van der Waals surface area (Å²) in [6.07, 6.45) is 0. The fourth-order valence-corrected chi connectivity index (χ4v) is 4.81. The van der Waals surface area contributed by atoms with Gasteiger partial charge in [-0.1, -0.05) is 82.7 Å². The lowest BCUT2D eigenvalue weighted by Crippen LogP contribution is -1.93. The maximum Gasteiger partial charge on any atom is 0.0541 e. The van der Waals surface area contributed by atoms with Crippen molar-refractivity contribution in [3.8, 4) is 16.8 Å². The van der Waals surface area contributed by atoms with Gasteiger partial charge in [0.15, 0.2) is 0 Å². The van der Waals surface area contributed by atoms with Crippen LogP contribution in [0, 0.1) is 0 Å². The van der Waals surface area contributed by atoms with Crippen molar-refractivity contribution in [3.63, 3.8) is 0 Å². The molecule has 6 rings (SSSR count). The van der Waals surface area contributed by atoms with Crippen LogP contribution in [0.5, 0.6) is 0 Å². The van der Waals surface area contributed by atoms with Gasteiger partial charge in [0.2, 0.25) is 0 Å². The number of benzene rings is 5. The highest BCUT2D eigenvalue weighted by atomic mass is 79.9. The zero-order chi connectivity index (χ0) is 20.1. The van der Waals surface area contributed by atoms with Gasteiger partial charge in [-0.15, -0.1) is 0 Å². The molecule has 1 heterocycles. The topological polar surface area (TPSA) is 4.93 Å². The standard InChI is InChI=1S/C28H18BrN/c29-23-9-5-8-20(16-23)22-13-15-28-26(18-22)25-10-3-4-11-27(25)30(28)24-14-12-19-6-1-2-7-21(19)17-24/h1-18H. The Morgan fingerprint density at radius 1 is 0.500 bits per heavy atom. The van der Waals surface area contributed by atoms with E-state index < -0.39 is 0 Å². The monoisotopic (exact) mass is 447 g/mol. The number of nitrogens with zero attached hydrogens (tertiary/aromatic N) is 1. The van der Waals surface area contributed by atoms with Crippen LogP contribution >= 0.6 is 15.9 Å². The summed E-state index contributed by atoms with van der Waals surface area (Å²) in [5.41, 5.74) is 6.09. The van der Waals surface area contributed by atoms with Crippen LogP contribution in [0.15, 0.2) is 114 Å². The summed E-state index contributed by atoms with van der Waals surface area (Å²) in [4.78, 5) is 0. The molecule has 142 valence electrons. The number of fused-ring (bicyclic) bond motifs is 4. The molecule has 6 aromatic rings. The Bertz CT molecular complexity index is 1560. The van der Waals surface area contributed by atoms with E-state index in [0.29, 0.717) is 0 Å². The Kier molecular flexibility index (Phi) is 4.00. The molecule has 0 atom stereocenters. The van der Waals surface area contributed by atoms with Gasteiger partial charge in [0, 0.05) is 20.9 Å². The van der Waals surface area contributed by atoms with E-state index in [4.69, 9.17) is 0 Å². The molecule has 0 fully saturated rings. The predicted molar refractivity (Wildman–Crippen MR) is 131 cm³/mol. The van der Waals surface area contributed by atoms with Gasteiger partial charge in [0.25, 0.3) is 0 Å². The molecule has 1 aromatic heterocycles. The van der Waals surface area contributed by atoms with Gasteiger partial charge in [0.1, 0.15) is 0 Å². The largest absolute Gasteiger partial charge is 0.309 e. The number of hydrogen-bond acceptors (Lipinski definition) is 0. The first-order valence-electron chi connectivity index (χ1n) is 10.1. The lowest BCUT2D eigenvalue weighted by Gasteiger charge is -2.10. The van der Waals surface area contributed by atoms with E-state index >= 15 is 0 Å².